The van der Waals surface area contributed by atoms with E-state index in [9.17, 15) is 0 Å². The third kappa shape index (κ3) is 56000. The first-order valence-corrected chi connectivity index (χ1v) is 8.19. The Bertz CT molecular complexity index is 245. The van der Waals surface area contributed by atoms with Crippen LogP contribution in [-0.2, 0) is 18.3 Å². The van der Waals surface area contributed by atoms with Gasteiger partial charge >= 0.3 is 32.2 Å². The van der Waals surface area contributed by atoms with E-state index in [1.165, 1.54) is 0 Å². The first-order chi connectivity index (χ1) is 7.46. The Balaban J connectivity index is -0.0000000731. The molecule has 0 spiro atoms. The second-order valence-electron chi connectivity index (χ2n) is 1.53. The molecule has 0 aromatic heterocycles. The molecular formula is H10O14P4+2. The van der Waals surface area contributed by atoms with Crippen molar-refractivity contribution in [2.45, 2.75) is 0 Å². The summed E-state index contributed by atoms with van der Waals surface area (Å²) >= 11 is 0. The average molecular weight is 358 g/mol. The molecule has 0 radical (unpaired) electrons. The van der Waals surface area contributed by atoms with Crippen molar-refractivity contribution in [3.63, 3.8) is 0 Å². The number of rotatable bonds is 0. The van der Waals surface area contributed by atoms with Crippen LogP contribution in [0.25, 0.3) is 0 Å². The highest BCUT2D eigenvalue weighted by Crippen LogP contribution is 2.26. The van der Waals surface area contributed by atoms with Crippen LogP contribution < -0.4 is 0 Å². The van der Waals surface area contributed by atoms with E-state index in [2.05, 4.69) is 0 Å². The van der Waals surface area contributed by atoms with Gasteiger partial charge in [-0.3, -0.25) is 0 Å². The molecule has 0 aromatic carbocycles. The summed E-state index contributed by atoms with van der Waals surface area (Å²) in [5.74, 6) is 0. The fraction of sp³-hybridized carbons (Fsp3) is 0. The SMILES string of the molecule is O=P(O)(O)O.O=P(O)(O)O.O=[P+](O)O.O=[P+](O)O. The highest BCUT2D eigenvalue weighted by molar-refractivity contribution is 7.45. The van der Waals surface area contributed by atoms with Gasteiger partial charge in [-0.25, -0.2) is 9.13 Å². The van der Waals surface area contributed by atoms with Gasteiger partial charge < -0.3 is 29.4 Å². The topological polar surface area (TPSA) is 271 Å². The molecule has 0 rings (SSSR count). The van der Waals surface area contributed by atoms with Gasteiger partial charge in [0.1, 0.15) is 0 Å². The summed E-state index contributed by atoms with van der Waals surface area (Å²) in [5, 5.41) is 0. The Labute approximate surface area is 100 Å². The smallest absolute Gasteiger partial charge is 0.303 e. The summed E-state index contributed by atoms with van der Waals surface area (Å²) in [6.45, 7) is 0. The van der Waals surface area contributed by atoms with Crippen LogP contribution in [-0.4, -0.2) is 48.9 Å². The molecule has 0 saturated carbocycles. The molecule has 0 heterocycles. The van der Waals surface area contributed by atoms with E-state index >= 15 is 0 Å². The van der Waals surface area contributed by atoms with Gasteiger partial charge in [0.25, 0.3) is 0 Å². The zero-order valence-corrected chi connectivity index (χ0v) is 11.5. The molecule has 14 nitrogen and oxygen atoms in total. The molecule has 10 N–H and O–H groups in total. The van der Waals surface area contributed by atoms with E-state index in [-0.39, 0.29) is 0 Å². The normalized spacial score (nSPS) is 9.44. The molecule has 0 saturated heterocycles. The first kappa shape index (κ1) is 26.8. The molecule has 0 amide bonds. The van der Waals surface area contributed by atoms with Gasteiger partial charge in [-0.15, -0.1) is 19.6 Å². The summed E-state index contributed by atoms with van der Waals surface area (Å²) in [6, 6.07) is 0. The Kier molecular flexibility index (Phi) is 20.3. The first-order valence-electron chi connectivity index (χ1n) is 2.73. The van der Waals surface area contributed by atoms with Crippen LogP contribution in [0.4, 0.5) is 0 Å². The lowest BCUT2D eigenvalue weighted by atomic mass is 15.8. The van der Waals surface area contributed by atoms with Gasteiger partial charge in [0.15, 0.2) is 0 Å². The minimum absolute atomic E-state index is 2.87. The Morgan fingerprint density at radius 3 is 0.556 bits per heavy atom. The molecule has 0 unspecified atom stereocenters. The van der Waals surface area contributed by atoms with Crippen LogP contribution in [0.15, 0.2) is 0 Å². The van der Waals surface area contributed by atoms with Gasteiger partial charge in [0.05, 0.1) is 0 Å². The summed E-state index contributed by atoms with van der Waals surface area (Å²) in [5.41, 5.74) is 0. The number of phosphoric acid groups is 2. The number of hydrogen-bond acceptors (Lipinski definition) is 4. The lowest BCUT2D eigenvalue weighted by Gasteiger charge is -1.82. The summed E-state index contributed by atoms with van der Waals surface area (Å²) in [4.78, 5) is 71.6. The summed E-state index contributed by atoms with van der Waals surface area (Å²) < 4.78 is 35.2. The van der Waals surface area contributed by atoms with Gasteiger partial charge in [0.2, 0.25) is 0 Å². The molecular weight excluding hydrogens is 348 g/mol. The predicted molar refractivity (Wildman–Crippen MR) is 52.6 cm³/mol. The standard InChI is InChI=1S/2H3O4P.2HO3P/c2*1-5(2,3)4;2*1-4(2)3/h2*(H3,1,2,3,4);2*(H-,1,2,3)/p+2. The van der Waals surface area contributed by atoms with E-state index < -0.39 is 32.2 Å². The molecule has 0 aliphatic heterocycles. The Morgan fingerprint density at radius 1 is 0.556 bits per heavy atom. The minimum Gasteiger partial charge on any atom is -0.303 e. The monoisotopic (exact) mass is 358 g/mol. The minimum atomic E-state index is -4.64. The van der Waals surface area contributed by atoms with E-state index in [0.717, 1.165) is 0 Å². The maximum absolute atomic E-state index is 8.88. The van der Waals surface area contributed by atoms with E-state index in [1.54, 1.807) is 0 Å². The highest BCUT2D eigenvalue weighted by Gasteiger charge is 2.00. The quantitative estimate of drug-likeness (QED) is 0.199. The van der Waals surface area contributed by atoms with Crippen molar-refractivity contribution in [3.05, 3.63) is 0 Å². The molecule has 112 valence electrons. The zero-order valence-electron chi connectivity index (χ0n) is 7.89. The zero-order chi connectivity index (χ0) is 16.2. The molecule has 18 heteroatoms. The van der Waals surface area contributed by atoms with Gasteiger partial charge in [0, 0.05) is 9.13 Å². The van der Waals surface area contributed by atoms with Crippen LogP contribution in [0.5, 0.6) is 0 Å². The lowest BCUT2D eigenvalue weighted by Crippen LogP contribution is -1.66. The molecule has 18 heavy (non-hydrogen) atoms. The van der Waals surface area contributed by atoms with Crippen LogP contribution >= 0.6 is 32.2 Å². The van der Waals surface area contributed by atoms with Gasteiger partial charge in [-0.1, -0.05) is 0 Å². The Hall–Kier alpha value is 0.260. The fourth-order valence-corrected chi connectivity index (χ4v) is 0. The van der Waals surface area contributed by atoms with Crippen molar-refractivity contribution in [2.24, 2.45) is 0 Å². The van der Waals surface area contributed by atoms with Crippen molar-refractivity contribution in [2.75, 3.05) is 0 Å². The van der Waals surface area contributed by atoms with E-state index in [0.29, 0.717) is 0 Å². The third-order valence-electron chi connectivity index (χ3n) is 0. The van der Waals surface area contributed by atoms with E-state index in [1.807, 2.05) is 0 Å². The maximum Gasteiger partial charge on any atom is 0.692 e. The largest absolute Gasteiger partial charge is 0.692 e. The molecule has 0 aliphatic carbocycles. The van der Waals surface area contributed by atoms with Crippen molar-refractivity contribution in [1.29, 1.82) is 0 Å². The van der Waals surface area contributed by atoms with Crippen molar-refractivity contribution < 1.29 is 67.2 Å². The predicted octanol–water partition coefficient (Wildman–Crippen LogP) is -2.60. The molecule has 0 fully saturated rings. The van der Waals surface area contributed by atoms with Crippen molar-refractivity contribution in [3.8, 4) is 0 Å². The highest BCUT2D eigenvalue weighted by atomic mass is 31.2. The molecule has 0 bridgehead atoms. The van der Waals surface area contributed by atoms with Crippen LogP contribution in [0.1, 0.15) is 0 Å². The lowest BCUT2D eigenvalue weighted by molar-refractivity contribution is 0.272. The summed E-state index contributed by atoms with van der Waals surface area (Å²) in [7, 11) is -15.0. The van der Waals surface area contributed by atoms with E-state index in [4.69, 9.17) is 67.2 Å². The van der Waals surface area contributed by atoms with Crippen LogP contribution in [0.2, 0.25) is 0 Å². The number of hydrogen-bond donors (Lipinski definition) is 10. The second-order valence-corrected chi connectivity index (χ2v) is 4.60. The van der Waals surface area contributed by atoms with Gasteiger partial charge in [-0.2, -0.15) is 0 Å². The molecule has 0 aliphatic rings. The Morgan fingerprint density at radius 2 is 0.556 bits per heavy atom. The van der Waals surface area contributed by atoms with Gasteiger partial charge in [-0.05, 0) is 0 Å². The molecule has 0 aromatic rings. The van der Waals surface area contributed by atoms with Crippen LogP contribution in [0, 0.1) is 0 Å². The van der Waals surface area contributed by atoms with Crippen molar-refractivity contribution >= 4 is 32.2 Å². The fourth-order valence-electron chi connectivity index (χ4n) is 0. The molecule has 0 atom stereocenters. The summed E-state index contributed by atoms with van der Waals surface area (Å²) in [6.07, 6.45) is 0. The van der Waals surface area contributed by atoms with Crippen molar-refractivity contribution in [1.82, 2.24) is 0 Å². The van der Waals surface area contributed by atoms with Crippen LogP contribution in [0.3, 0.4) is 0 Å². The third-order valence-corrected chi connectivity index (χ3v) is 0. The average Bonchev–Trinajstić information content (AvgIpc) is 1.70. The maximum atomic E-state index is 8.88. The second kappa shape index (κ2) is 13.7.